The number of amides is 1. The first kappa shape index (κ1) is 16.6. The van der Waals surface area contributed by atoms with Gasteiger partial charge >= 0.3 is 0 Å². The highest BCUT2D eigenvalue weighted by Crippen LogP contribution is 2.25. The maximum atomic E-state index is 11.9. The topological polar surface area (TPSA) is 52.6 Å². The molecule has 1 fully saturated rings. The van der Waals surface area contributed by atoms with Crippen LogP contribution in [0.4, 0.5) is 0 Å². The van der Waals surface area contributed by atoms with Gasteiger partial charge in [0.25, 0.3) is 0 Å². The summed E-state index contributed by atoms with van der Waals surface area (Å²) >= 11 is 12.1. The van der Waals surface area contributed by atoms with Crippen molar-refractivity contribution in [2.45, 2.75) is 25.4 Å². The van der Waals surface area contributed by atoms with Gasteiger partial charge in [-0.15, -0.1) is 0 Å². The molecule has 0 atom stereocenters. The minimum Gasteiger partial charge on any atom is -0.393 e. The van der Waals surface area contributed by atoms with Crippen LogP contribution in [0, 0.1) is 0 Å². The van der Waals surface area contributed by atoms with E-state index >= 15 is 0 Å². The Labute approximate surface area is 135 Å². The van der Waals surface area contributed by atoms with E-state index in [0.717, 1.165) is 31.5 Å². The summed E-state index contributed by atoms with van der Waals surface area (Å²) in [7, 11) is 0. The van der Waals surface area contributed by atoms with Crippen molar-refractivity contribution >= 4 is 29.1 Å². The average Bonchev–Trinajstić information content (AvgIpc) is 2.46. The lowest BCUT2D eigenvalue weighted by Crippen LogP contribution is -2.42. The van der Waals surface area contributed by atoms with Gasteiger partial charge in [0.15, 0.2) is 0 Å². The lowest BCUT2D eigenvalue weighted by atomic mass is 10.1. The molecular weight excluding hydrogens is 311 g/mol. The van der Waals surface area contributed by atoms with E-state index in [-0.39, 0.29) is 12.0 Å². The second-order valence-electron chi connectivity index (χ2n) is 5.32. The van der Waals surface area contributed by atoms with Crippen LogP contribution in [0.25, 0.3) is 0 Å². The van der Waals surface area contributed by atoms with Crippen molar-refractivity contribution in [3.8, 4) is 0 Å². The Bertz CT molecular complexity index is 489. The number of carbonyl (C=O) groups is 1. The van der Waals surface area contributed by atoms with Gasteiger partial charge in [-0.05, 0) is 30.9 Å². The van der Waals surface area contributed by atoms with Crippen molar-refractivity contribution in [3.63, 3.8) is 0 Å². The first-order valence-corrected chi connectivity index (χ1v) is 7.92. The smallest absolute Gasteiger partial charge is 0.234 e. The number of piperidine rings is 1. The van der Waals surface area contributed by atoms with Crippen molar-refractivity contribution in [1.29, 1.82) is 0 Å². The lowest BCUT2D eigenvalue weighted by molar-refractivity contribution is -0.122. The third kappa shape index (κ3) is 5.15. The van der Waals surface area contributed by atoms with Crippen LogP contribution in [0.3, 0.4) is 0 Å². The van der Waals surface area contributed by atoms with Crippen molar-refractivity contribution < 1.29 is 9.90 Å². The third-order valence-corrected chi connectivity index (χ3v) is 4.53. The van der Waals surface area contributed by atoms with E-state index in [1.807, 2.05) is 12.1 Å². The summed E-state index contributed by atoms with van der Waals surface area (Å²) in [4.78, 5) is 13.9. The maximum absolute atomic E-state index is 11.9. The molecule has 0 radical (unpaired) electrons. The molecule has 1 heterocycles. The summed E-state index contributed by atoms with van der Waals surface area (Å²) in [6, 6.07) is 5.51. The zero-order chi connectivity index (χ0) is 15.2. The van der Waals surface area contributed by atoms with E-state index in [1.165, 1.54) is 0 Å². The molecule has 1 saturated heterocycles. The fourth-order valence-corrected chi connectivity index (χ4v) is 2.83. The van der Waals surface area contributed by atoms with Crippen LogP contribution in [0.5, 0.6) is 0 Å². The van der Waals surface area contributed by atoms with Crippen LogP contribution in [-0.4, -0.2) is 48.2 Å². The van der Waals surface area contributed by atoms with Gasteiger partial charge in [0, 0.05) is 19.6 Å². The molecule has 4 nitrogen and oxygen atoms in total. The molecule has 2 N–H and O–H groups in total. The molecule has 2 rings (SSSR count). The normalized spacial score (nSPS) is 16.9. The number of rotatable bonds is 5. The van der Waals surface area contributed by atoms with Crippen molar-refractivity contribution in [2.24, 2.45) is 0 Å². The van der Waals surface area contributed by atoms with Crippen molar-refractivity contribution in [1.82, 2.24) is 10.2 Å². The Morgan fingerprint density at radius 1 is 1.33 bits per heavy atom. The number of likely N-dealkylation sites (tertiary alicyclic amines) is 1. The number of aliphatic hydroxyl groups is 1. The highest BCUT2D eigenvalue weighted by Gasteiger charge is 2.18. The molecule has 1 aliphatic heterocycles. The Kier molecular flexibility index (Phi) is 6.30. The Hall–Kier alpha value is -0.810. The molecule has 0 aliphatic carbocycles. The van der Waals surface area contributed by atoms with Gasteiger partial charge in [-0.1, -0.05) is 35.3 Å². The highest BCUT2D eigenvalue weighted by molar-refractivity contribution is 6.42. The van der Waals surface area contributed by atoms with E-state index < -0.39 is 0 Å². The van der Waals surface area contributed by atoms with E-state index in [1.54, 1.807) is 6.07 Å². The minimum atomic E-state index is -0.214. The SMILES string of the molecule is O=C(CN1CCC(O)CC1)NCCc1cccc(Cl)c1Cl. The second-order valence-corrected chi connectivity index (χ2v) is 6.11. The maximum Gasteiger partial charge on any atom is 0.234 e. The highest BCUT2D eigenvalue weighted by atomic mass is 35.5. The first-order chi connectivity index (χ1) is 10.1. The predicted molar refractivity (Wildman–Crippen MR) is 84.9 cm³/mol. The van der Waals surface area contributed by atoms with E-state index in [0.29, 0.717) is 29.6 Å². The molecule has 1 aromatic rings. The van der Waals surface area contributed by atoms with Gasteiger partial charge in [-0.25, -0.2) is 0 Å². The van der Waals surface area contributed by atoms with Gasteiger partial charge in [0.05, 0.1) is 22.7 Å². The summed E-state index contributed by atoms with van der Waals surface area (Å²) < 4.78 is 0. The van der Waals surface area contributed by atoms with Crippen LogP contribution < -0.4 is 5.32 Å². The van der Waals surface area contributed by atoms with Gasteiger partial charge in [0.1, 0.15) is 0 Å². The zero-order valence-corrected chi connectivity index (χ0v) is 13.3. The van der Waals surface area contributed by atoms with Gasteiger partial charge in [0.2, 0.25) is 5.91 Å². The number of benzene rings is 1. The Balaban J connectivity index is 1.71. The number of halogens is 2. The molecule has 0 saturated carbocycles. The summed E-state index contributed by atoms with van der Waals surface area (Å²) in [5.74, 6) is 0.00420. The molecule has 0 bridgehead atoms. The Morgan fingerprint density at radius 2 is 2.05 bits per heavy atom. The Morgan fingerprint density at radius 3 is 2.76 bits per heavy atom. The molecule has 0 unspecified atom stereocenters. The van der Waals surface area contributed by atoms with E-state index in [2.05, 4.69) is 10.2 Å². The number of hydrogen-bond donors (Lipinski definition) is 2. The average molecular weight is 331 g/mol. The summed E-state index contributed by atoms with van der Waals surface area (Å²) in [5.41, 5.74) is 0.936. The van der Waals surface area contributed by atoms with E-state index in [4.69, 9.17) is 23.2 Å². The zero-order valence-electron chi connectivity index (χ0n) is 11.8. The standard InChI is InChI=1S/C15H20Cl2N2O2/c16-13-3-1-2-11(15(13)17)4-7-18-14(21)10-19-8-5-12(20)6-9-19/h1-3,12,20H,4-10H2,(H,18,21). The molecule has 0 spiro atoms. The van der Waals surface area contributed by atoms with Gasteiger partial charge in [-0.3, -0.25) is 9.69 Å². The second kappa shape index (κ2) is 7.99. The van der Waals surface area contributed by atoms with Crippen LogP contribution in [-0.2, 0) is 11.2 Å². The quantitative estimate of drug-likeness (QED) is 0.869. The molecule has 0 aromatic heterocycles. The molecule has 1 amide bonds. The number of nitrogens with one attached hydrogen (secondary N) is 1. The molecule has 21 heavy (non-hydrogen) atoms. The lowest BCUT2D eigenvalue weighted by Gasteiger charge is -2.28. The van der Waals surface area contributed by atoms with E-state index in [9.17, 15) is 9.90 Å². The molecule has 1 aromatic carbocycles. The minimum absolute atomic E-state index is 0.00420. The van der Waals surface area contributed by atoms with Crippen LogP contribution in [0.15, 0.2) is 18.2 Å². The van der Waals surface area contributed by atoms with Crippen molar-refractivity contribution in [3.05, 3.63) is 33.8 Å². The molecule has 1 aliphatic rings. The van der Waals surface area contributed by atoms with Crippen LogP contribution in [0.1, 0.15) is 18.4 Å². The predicted octanol–water partition coefficient (Wildman–Crippen LogP) is 2.11. The first-order valence-electron chi connectivity index (χ1n) is 7.16. The summed E-state index contributed by atoms with van der Waals surface area (Å²) in [5, 5.41) is 13.4. The van der Waals surface area contributed by atoms with Gasteiger partial charge < -0.3 is 10.4 Å². The monoisotopic (exact) mass is 330 g/mol. The van der Waals surface area contributed by atoms with Crippen LogP contribution >= 0.6 is 23.2 Å². The summed E-state index contributed by atoms with van der Waals surface area (Å²) in [6.07, 6.45) is 1.93. The van der Waals surface area contributed by atoms with Gasteiger partial charge in [-0.2, -0.15) is 0 Å². The number of nitrogens with zero attached hydrogens (tertiary/aromatic N) is 1. The number of carbonyl (C=O) groups excluding carboxylic acids is 1. The third-order valence-electron chi connectivity index (χ3n) is 3.67. The fraction of sp³-hybridized carbons (Fsp3) is 0.533. The number of aliphatic hydroxyl groups excluding tert-OH is 1. The summed E-state index contributed by atoms with van der Waals surface area (Å²) in [6.45, 7) is 2.47. The largest absolute Gasteiger partial charge is 0.393 e. The fourth-order valence-electron chi connectivity index (χ4n) is 2.41. The molecular formula is C15H20Cl2N2O2. The molecule has 116 valence electrons. The molecule has 6 heteroatoms. The van der Waals surface area contributed by atoms with Crippen LogP contribution in [0.2, 0.25) is 10.0 Å². The van der Waals surface area contributed by atoms with Crippen molar-refractivity contribution in [2.75, 3.05) is 26.2 Å². The number of hydrogen-bond acceptors (Lipinski definition) is 3.